The van der Waals surface area contributed by atoms with Crippen LogP contribution in [0.5, 0.6) is 0 Å². The first kappa shape index (κ1) is 32.1. The van der Waals surface area contributed by atoms with E-state index in [1.807, 2.05) is 0 Å². The lowest BCUT2D eigenvalue weighted by Gasteiger charge is -2.30. The van der Waals surface area contributed by atoms with Crippen molar-refractivity contribution in [2.45, 2.75) is 76.2 Å². The van der Waals surface area contributed by atoms with Crippen LogP contribution >= 0.6 is 12.6 Å². The molecule has 1 rings (SSSR count). The molecule has 1 aliphatic heterocycles. The van der Waals surface area contributed by atoms with E-state index in [9.17, 15) is 33.9 Å². The van der Waals surface area contributed by atoms with Gasteiger partial charge in [-0.05, 0) is 45.6 Å². The van der Waals surface area contributed by atoms with Gasteiger partial charge in [-0.2, -0.15) is 12.6 Å². The lowest BCUT2D eigenvalue weighted by molar-refractivity contribution is -0.145. The van der Waals surface area contributed by atoms with Gasteiger partial charge in [0.25, 0.3) is 0 Å². The van der Waals surface area contributed by atoms with E-state index in [0.29, 0.717) is 32.2 Å². The normalized spacial score (nSPS) is 18.2. The SMILES string of the molecule is CC(=O)N[C@@H](CCCCN)C(=O)NCC(=O)N[C@H](C(=O)N1CCC[C@H]1C(=O)N[C@@H](CS)C(=O)O)[C@@H](C)O. The van der Waals surface area contributed by atoms with Gasteiger partial charge in [0.2, 0.25) is 29.5 Å². The number of likely N-dealkylation sites (tertiary alicyclic amines) is 1. The molecule has 0 radical (unpaired) electrons. The summed E-state index contributed by atoms with van der Waals surface area (Å²) in [6.07, 6.45) is 0.987. The van der Waals surface area contributed by atoms with Crippen LogP contribution < -0.4 is 27.0 Å². The highest BCUT2D eigenvalue weighted by Gasteiger charge is 2.40. The summed E-state index contributed by atoms with van der Waals surface area (Å²) in [6.45, 7) is 2.64. The van der Waals surface area contributed by atoms with Crippen LogP contribution in [0.2, 0.25) is 0 Å². The summed E-state index contributed by atoms with van der Waals surface area (Å²) in [5, 5.41) is 28.9. The maximum absolute atomic E-state index is 13.1. The topological polar surface area (TPSA) is 220 Å². The van der Waals surface area contributed by atoms with Gasteiger partial charge in [-0.1, -0.05) is 0 Å². The number of nitrogens with one attached hydrogen (secondary N) is 4. The quantitative estimate of drug-likeness (QED) is 0.0778. The van der Waals surface area contributed by atoms with Gasteiger partial charge in [0.15, 0.2) is 0 Å². The number of thiol groups is 1. The Balaban J connectivity index is 2.79. The van der Waals surface area contributed by atoms with Crippen molar-refractivity contribution in [3.63, 3.8) is 0 Å². The number of rotatable bonds is 15. The van der Waals surface area contributed by atoms with Gasteiger partial charge in [0.1, 0.15) is 24.2 Å². The van der Waals surface area contributed by atoms with Crippen molar-refractivity contribution in [3.8, 4) is 0 Å². The Hall–Kier alpha value is -2.91. The van der Waals surface area contributed by atoms with Crippen molar-refractivity contribution in [1.29, 1.82) is 0 Å². The molecular weight excluding hydrogens is 508 g/mol. The van der Waals surface area contributed by atoms with E-state index in [-0.39, 0.29) is 18.7 Å². The van der Waals surface area contributed by atoms with Gasteiger partial charge in [0.05, 0.1) is 12.6 Å². The number of carbonyl (C=O) groups excluding carboxylic acids is 5. The molecule has 0 aromatic carbocycles. The number of carbonyl (C=O) groups is 6. The van der Waals surface area contributed by atoms with E-state index >= 15 is 0 Å². The molecule has 5 atom stereocenters. The summed E-state index contributed by atoms with van der Waals surface area (Å²) in [6, 6.07) is -4.48. The molecule has 1 fully saturated rings. The lowest BCUT2D eigenvalue weighted by Crippen LogP contribution is -2.59. The highest BCUT2D eigenvalue weighted by molar-refractivity contribution is 7.80. The number of nitrogens with zero attached hydrogens (tertiary/aromatic N) is 1. The van der Waals surface area contributed by atoms with Gasteiger partial charge >= 0.3 is 5.97 Å². The minimum atomic E-state index is -1.41. The number of aliphatic hydroxyl groups excluding tert-OH is 1. The summed E-state index contributed by atoms with van der Waals surface area (Å²) in [5.74, 6) is -4.57. The third-order valence-corrected chi connectivity index (χ3v) is 6.13. The van der Waals surface area contributed by atoms with Crippen molar-refractivity contribution in [1.82, 2.24) is 26.2 Å². The second-order valence-corrected chi connectivity index (χ2v) is 9.18. The number of hydrogen-bond acceptors (Lipinski definition) is 9. The van der Waals surface area contributed by atoms with Gasteiger partial charge in [0, 0.05) is 19.2 Å². The lowest BCUT2D eigenvalue weighted by atomic mass is 10.1. The largest absolute Gasteiger partial charge is 0.480 e. The third-order valence-electron chi connectivity index (χ3n) is 5.76. The van der Waals surface area contributed by atoms with Crippen LogP contribution in [0.3, 0.4) is 0 Å². The van der Waals surface area contributed by atoms with Gasteiger partial charge in [-0.25, -0.2) is 4.79 Å². The number of aliphatic carboxylic acids is 1. The number of carboxylic acids is 1. The van der Waals surface area contributed by atoms with Crippen molar-refractivity contribution in [3.05, 3.63) is 0 Å². The molecule has 1 saturated heterocycles. The molecule has 1 aliphatic rings. The van der Waals surface area contributed by atoms with Crippen molar-refractivity contribution < 1.29 is 39.0 Å². The fourth-order valence-electron chi connectivity index (χ4n) is 3.85. The molecule has 0 unspecified atom stereocenters. The van der Waals surface area contributed by atoms with Gasteiger partial charge < -0.3 is 42.1 Å². The Labute approximate surface area is 220 Å². The predicted octanol–water partition coefficient (Wildman–Crippen LogP) is -2.91. The molecule has 0 saturated carbocycles. The molecule has 0 bridgehead atoms. The number of aliphatic hydroxyl groups is 1. The van der Waals surface area contributed by atoms with Gasteiger partial charge in [-0.3, -0.25) is 24.0 Å². The van der Waals surface area contributed by atoms with Crippen LogP contribution in [0.4, 0.5) is 0 Å². The van der Waals surface area contributed by atoms with Crippen LogP contribution in [0.1, 0.15) is 46.0 Å². The molecule has 5 amide bonds. The molecule has 15 heteroatoms. The number of amides is 5. The zero-order chi connectivity index (χ0) is 28.1. The molecule has 8 N–H and O–H groups in total. The molecule has 0 aliphatic carbocycles. The Morgan fingerprint density at radius 2 is 1.76 bits per heavy atom. The number of carboxylic acid groups (broad SMARTS) is 1. The Morgan fingerprint density at radius 3 is 2.30 bits per heavy atom. The average Bonchev–Trinajstić information content (AvgIpc) is 3.32. The smallest absolute Gasteiger partial charge is 0.327 e. The average molecular weight is 547 g/mol. The summed E-state index contributed by atoms with van der Waals surface area (Å²) in [5.41, 5.74) is 5.45. The van der Waals surface area contributed by atoms with Crippen molar-refractivity contribution >= 4 is 48.1 Å². The third kappa shape index (κ3) is 10.5. The minimum Gasteiger partial charge on any atom is -0.480 e. The summed E-state index contributed by atoms with van der Waals surface area (Å²) < 4.78 is 0. The van der Waals surface area contributed by atoms with Crippen LogP contribution in [-0.4, -0.2) is 106 Å². The maximum Gasteiger partial charge on any atom is 0.327 e. The summed E-state index contributed by atoms with van der Waals surface area (Å²) in [4.78, 5) is 74.5. The van der Waals surface area contributed by atoms with Crippen molar-refractivity contribution in [2.24, 2.45) is 5.73 Å². The van der Waals surface area contributed by atoms with Crippen molar-refractivity contribution in [2.75, 3.05) is 25.4 Å². The second-order valence-electron chi connectivity index (χ2n) is 8.81. The highest BCUT2D eigenvalue weighted by atomic mass is 32.1. The second kappa shape index (κ2) is 16.0. The standard InChI is InChI=1S/C22H38N6O8S/c1-12(29)18(21(34)28-9-5-7-16(28)20(33)26-15(11-37)22(35)36)27-17(31)10-24-19(32)14(25-13(2)30)6-3-4-8-23/h12,14-16,18,29,37H,3-11,23H2,1-2H3,(H,24,32)(H,25,30)(H,26,33)(H,27,31)(H,35,36)/t12-,14+,15+,16+,18+/m1/s1. The first-order valence-electron chi connectivity index (χ1n) is 12.1. The van der Waals surface area contributed by atoms with E-state index in [1.54, 1.807) is 0 Å². The van der Waals surface area contributed by atoms with E-state index in [0.717, 1.165) is 0 Å². The minimum absolute atomic E-state index is 0.143. The van der Waals surface area contributed by atoms with Crippen LogP contribution in [0.15, 0.2) is 0 Å². The molecule has 0 aromatic rings. The molecule has 210 valence electrons. The molecule has 1 heterocycles. The zero-order valence-electron chi connectivity index (χ0n) is 21.1. The van der Waals surface area contributed by atoms with E-state index in [4.69, 9.17) is 10.8 Å². The zero-order valence-corrected chi connectivity index (χ0v) is 22.0. The molecule has 0 aromatic heterocycles. The first-order valence-corrected chi connectivity index (χ1v) is 12.7. The highest BCUT2D eigenvalue weighted by Crippen LogP contribution is 2.19. The number of hydrogen-bond donors (Lipinski definition) is 8. The first-order chi connectivity index (χ1) is 17.4. The Kier molecular flexibility index (Phi) is 13.9. The number of nitrogens with two attached hydrogens (primary N) is 1. The van der Waals surface area contributed by atoms with Crippen LogP contribution in [0.25, 0.3) is 0 Å². The fraction of sp³-hybridized carbons (Fsp3) is 0.727. The maximum atomic E-state index is 13.1. The molecule has 37 heavy (non-hydrogen) atoms. The van der Waals surface area contributed by atoms with E-state index in [2.05, 4.69) is 33.9 Å². The van der Waals surface area contributed by atoms with Gasteiger partial charge in [-0.15, -0.1) is 0 Å². The Bertz CT molecular complexity index is 842. The van der Waals surface area contributed by atoms with Crippen LogP contribution in [-0.2, 0) is 28.8 Å². The predicted molar refractivity (Wildman–Crippen MR) is 135 cm³/mol. The monoisotopic (exact) mass is 546 g/mol. The van der Waals surface area contributed by atoms with E-state index < -0.39 is 72.3 Å². The Morgan fingerprint density at radius 1 is 1.08 bits per heavy atom. The van der Waals surface area contributed by atoms with E-state index in [1.165, 1.54) is 18.7 Å². The molecular formula is C22H38N6O8S. The molecule has 0 spiro atoms. The summed E-state index contributed by atoms with van der Waals surface area (Å²) in [7, 11) is 0. The fourth-order valence-corrected chi connectivity index (χ4v) is 4.09. The van der Waals surface area contributed by atoms with Crippen LogP contribution in [0, 0.1) is 0 Å². The summed E-state index contributed by atoms with van der Waals surface area (Å²) >= 11 is 3.90. The molecule has 14 nitrogen and oxygen atoms in total. The number of unbranched alkanes of at least 4 members (excludes halogenated alkanes) is 1.